The molecule has 6 rings (SSSR count). The summed E-state index contributed by atoms with van der Waals surface area (Å²) in [6, 6.07) is 12.2. The van der Waals surface area contributed by atoms with Crippen LogP contribution in [0.3, 0.4) is 0 Å². The normalized spacial score (nSPS) is 31.2. The van der Waals surface area contributed by atoms with Crippen molar-refractivity contribution in [2.75, 3.05) is 5.32 Å². The second kappa shape index (κ2) is 6.20. The fourth-order valence-electron chi connectivity index (χ4n) is 6.24. The van der Waals surface area contributed by atoms with Crippen molar-refractivity contribution in [3.8, 4) is 5.69 Å². The van der Waals surface area contributed by atoms with Gasteiger partial charge in [0.25, 0.3) is 0 Å². The Kier molecular flexibility index (Phi) is 3.98. The maximum Gasteiger partial charge on any atom is 0.231 e. The van der Waals surface area contributed by atoms with Gasteiger partial charge in [-0.25, -0.2) is 4.68 Å². The second-order valence-corrected chi connectivity index (χ2v) is 10.6. The highest BCUT2D eigenvalue weighted by Crippen LogP contribution is 2.60. The number of hydrogen-bond acceptors (Lipinski definition) is 2. The summed E-state index contributed by atoms with van der Waals surface area (Å²) in [4.78, 5) is 13.6. The van der Waals surface area contributed by atoms with Crippen LogP contribution < -0.4 is 5.32 Å². The van der Waals surface area contributed by atoms with Gasteiger partial charge < -0.3 is 5.32 Å². The molecule has 1 amide bonds. The van der Waals surface area contributed by atoms with Crippen molar-refractivity contribution in [1.82, 2.24) is 9.78 Å². The van der Waals surface area contributed by atoms with Crippen LogP contribution in [0.25, 0.3) is 5.69 Å². The molecule has 4 nitrogen and oxygen atoms in total. The maximum atomic E-state index is 13.6. The first-order valence-electron chi connectivity index (χ1n) is 10.8. The van der Waals surface area contributed by atoms with Gasteiger partial charge in [-0.3, -0.25) is 4.79 Å². The zero-order valence-electron chi connectivity index (χ0n) is 17.2. The van der Waals surface area contributed by atoms with Crippen LogP contribution in [-0.2, 0) is 10.2 Å². The molecular formula is C24H31N3O. The first kappa shape index (κ1) is 18.0. The minimum Gasteiger partial charge on any atom is -0.310 e. The third-order valence-corrected chi connectivity index (χ3v) is 7.24. The van der Waals surface area contributed by atoms with Crippen molar-refractivity contribution in [1.29, 1.82) is 0 Å². The molecule has 0 radical (unpaired) electrons. The molecule has 0 saturated heterocycles. The summed E-state index contributed by atoms with van der Waals surface area (Å²) >= 11 is 0. The van der Waals surface area contributed by atoms with Gasteiger partial charge in [0.2, 0.25) is 5.91 Å². The van der Waals surface area contributed by atoms with E-state index in [1.807, 2.05) is 35.0 Å². The Hall–Kier alpha value is -2.10. The van der Waals surface area contributed by atoms with E-state index < -0.39 is 0 Å². The number of benzene rings is 1. The predicted molar refractivity (Wildman–Crippen MR) is 111 cm³/mol. The van der Waals surface area contributed by atoms with Crippen LogP contribution in [0.4, 0.5) is 5.82 Å². The van der Waals surface area contributed by atoms with Gasteiger partial charge in [-0.05, 0) is 68.4 Å². The molecule has 1 aromatic heterocycles. The standard InChI is InChI=1S/C24H31N3O/c1-23(2,3)20-12-21(27(26-20)19-7-5-4-6-8-19)25-22(28)24-13-16-9-17(14-24)11-18(10-16)15-24/h4-8,12,16-18H,9-11,13-15H2,1-3H3,(H,25,28). The number of nitrogens with zero attached hydrogens (tertiary/aromatic N) is 2. The molecule has 0 spiro atoms. The molecule has 4 fully saturated rings. The van der Waals surface area contributed by atoms with E-state index in [2.05, 4.69) is 32.2 Å². The first-order valence-corrected chi connectivity index (χ1v) is 10.8. The molecule has 4 bridgehead atoms. The highest BCUT2D eigenvalue weighted by molar-refractivity contribution is 5.95. The average molecular weight is 378 g/mol. The number of carbonyl (C=O) groups is 1. The largest absolute Gasteiger partial charge is 0.310 e. The van der Waals surface area contributed by atoms with Crippen molar-refractivity contribution < 1.29 is 4.79 Å². The van der Waals surface area contributed by atoms with Gasteiger partial charge in [0.05, 0.1) is 16.8 Å². The number of carbonyl (C=O) groups excluding carboxylic acids is 1. The van der Waals surface area contributed by atoms with E-state index in [-0.39, 0.29) is 16.7 Å². The molecule has 4 heteroatoms. The van der Waals surface area contributed by atoms with Gasteiger partial charge in [-0.2, -0.15) is 5.10 Å². The average Bonchev–Trinajstić information content (AvgIpc) is 3.05. The number of aromatic nitrogens is 2. The number of nitrogens with one attached hydrogen (secondary N) is 1. The van der Waals surface area contributed by atoms with Gasteiger partial charge in [0.15, 0.2) is 0 Å². The lowest BCUT2D eigenvalue weighted by atomic mass is 9.49. The summed E-state index contributed by atoms with van der Waals surface area (Å²) in [5.74, 6) is 3.32. The number of rotatable bonds is 3. The van der Waals surface area contributed by atoms with Crippen molar-refractivity contribution in [3.63, 3.8) is 0 Å². The van der Waals surface area contributed by atoms with E-state index >= 15 is 0 Å². The minimum atomic E-state index is -0.150. The van der Waals surface area contributed by atoms with E-state index in [1.165, 1.54) is 19.3 Å². The van der Waals surface area contributed by atoms with Crippen LogP contribution in [-0.4, -0.2) is 15.7 Å². The first-order chi connectivity index (χ1) is 13.3. The Morgan fingerprint density at radius 1 is 1.04 bits per heavy atom. The van der Waals surface area contributed by atoms with Crippen molar-refractivity contribution in [3.05, 3.63) is 42.1 Å². The smallest absolute Gasteiger partial charge is 0.231 e. The molecule has 4 aliphatic carbocycles. The molecule has 1 aromatic carbocycles. The van der Waals surface area contributed by atoms with Crippen LogP contribution in [0.1, 0.15) is 65.0 Å². The molecular weight excluding hydrogens is 346 g/mol. The Balaban J connectivity index is 1.48. The molecule has 0 unspecified atom stereocenters. The molecule has 28 heavy (non-hydrogen) atoms. The minimum absolute atomic E-state index is 0.0693. The lowest BCUT2D eigenvalue weighted by Gasteiger charge is -2.55. The summed E-state index contributed by atoms with van der Waals surface area (Å²) in [6.45, 7) is 6.49. The fraction of sp³-hybridized carbons (Fsp3) is 0.583. The van der Waals surface area contributed by atoms with Gasteiger partial charge in [-0.1, -0.05) is 39.0 Å². The molecule has 2 aromatic rings. The van der Waals surface area contributed by atoms with Crippen molar-refractivity contribution in [2.45, 2.75) is 64.7 Å². The molecule has 0 atom stereocenters. The van der Waals surface area contributed by atoms with Gasteiger partial charge in [0.1, 0.15) is 5.82 Å². The Labute approximate surface area is 167 Å². The van der Waals surface area contributed by atoms with Gasteiger partial charge in [0, 0.05) is 11.5 Å². The SMILES string of the molecule is CC(C)(C)c1cc(NC(=O)C23CC4CC(CC(C4)C2)C3)n(-c2ccccc2)n1. The van der Waals surface area contributed by atoms with Crippen LogP contribution in [0.2, 0.25) is 0 Å². The van der Waals surface area contributed by atoms with E-state index in [4.69, 9.17) is 5.10 Å². The Morgan fingerprint density at radius 2 is 1.61 bits per heavy atom. The van der Waals surface area contributed by atoms with E-state index in [1.54, 1.807) is 0 Å². The maximum absolute atomic E-state index is 13.6. The van der Waals surface area contributed by atoms with E-state index in [9.17, 15) is 4.79 Å². The third-order valence-electron chi connectivity index (χ3n) is 7.24. The molecule has 1 N–H and O–H groups in total. The highest BCUT2D eigenvalue weighted by Gasteiger charge is 2.54. The quantitative estimate of drug-likeness (QED) is 0.786. The molecule has 4 aliphatic rings. The fourth-order valence-corrected chi connectivity index (χ4v) is 6.24. The highest BCUT2D eigenvalue weighted by atomic mass is 16.2. The van der Waals surface area contributed by atoms with E-state index in [0.29, 0.717) is 0 Å². The monoisotopic (exact) mass is 377 g/mol. The third kappa shape index (κ3) is 2.98. The topological polar surface area (TPSA) is 46.9 Å². The summed E-state index contributed by atoms with van der Waals surface area (Å²) in [7, 11) is 0. The zero-order valence-corrected chi connectivity index (χ0v) is 17.2. The number of amides is 1. The summed E-state index contributed by atoms with van der Waals surface area (Å²) in [5, 5.41) is 8.17. The zero-order chi connectivity index (χ0) is 19.5. The number of anilines is 1. The van der Waals surface area contributed by atoms with Crippen LogP contribution in [0, 0.1) is 23.2 Å². The Morgan fingerprint density at radius 3 is 2.14 bits per heavy atom. The van der Waals surface area contributed by atoms with Crippen molar-refractivity contribution >= 4 is 11.7 Å². The second-order valence-electron chi connectivity index (χ2n) is 10.6. The summed E-state index contributed by atoms with van der Waals surface area (Å²) in [6.07, 6.45) is 7.29. The van der Waals surface area contributed by atoms with Gasteiger partial charge in [-0.15, -0.1) is 0 Å². The predicted octanol–water partition coefficient (Wildman–Crippen LogP) is 5.32. The summed E-state index contributed by atoms with van der Waals surface area (Å²) < 4.78 is 1.90. The molecule has 148 valence electrons. The van der Waals surface area contributed by atoms with Crippen molar-refractivity contribution in [2.24, 2.45) is 23.2 Å². The lowest BCUT2D eigenvalue weighted by Crippen LogP contribution is -2.51. The van der Waals surface area contributed by atoms with Crippen LogP contribution in [0.15, 0.2) is 36.4 Å². The molecule has 1 heterocycles. The molecule has 4 saturated carbocycles. The van der Waals surface area contributed by atoms with E-state index in [0.717, 1.165) is 54.2 Å². The lowest BCUT2D eigenvalue weighted by molar-refractivity contribution is -0.140. The number of hydrogen-bond donors (Lipinski definition) is 1. The van der Waals surface area contributed by atoms with Crippen LogP contribution >= 0.6 is 0 Å². The van der Waals surface area contributed by atoms with Crippen LogP contribution in [0.5, 0.6) is 0 Å². The Bertz CT molecular complexity index is 855. The van der Waals surface area contributed by atoms with Gasteiger partial charge >= 0.3 is 0 Å². The summed E-state index contributed by atoms with van der Waals surface area (Å²) in [5.41, 5.74) is 1.76. The number of para-hydroxylation sites is 1. The molecule has 0 aliphatic heterocycles.